The molecule has 0 saturated carbocycles. The Morgan fingerprint density at radius 2 is 2.06 bits per heavy atom. The van der Waals surface area contributed by atoms with Gasteiger partial charge in [0.05, 0.1) is 6.20 Å². The van der Waals surface area contributed by atoms with Gasteiger partial charge in [-0.1, -0.05) is 0 Å². The summed E-state index contributed by atoms with van der Waals surface area (Å²) in [5.41, 5.74) is 0.776. The Kier molecular flexibility index (Phi) is 2.90. The summed E-state index contributed by atoms with van der Waals surface area (Å²) in [5, 5.41) is 8.51. The zero-order valence-corrected chi connectivity index (χ0v) is 8.33. The van der Waals surface area contributed by atoms with Crippen LogP contribution >= 0.6 is 0 Å². The number of aromatic nitrogens is 3. The van der Waals surface area contributed by atoms with Crippen LogP contribution in [0.2, 0.25) is 0 Å². The molecule has 2 heterocycles. The summed E-state index contributed by atoms with van der Waals surface area (Å²) in [6, 6.07) is 0. The third-order valence-electron chi connectivity index (χ3n) is 1.96. The van der Waals surface area contributed by atoms with Crippen molar-refractivity contribution in [3.05, 3.63) is 30.4 Å². The maximum absolute atomic E-state index is 10.4. The van der Waals surface area contributed by atoms with Crippen molar-refractivity contribution in [3.63, 3.8) is 0 Å². The summed E-state index contributed by atoms with van der Waals surface area (Å²) >= 11 is 0. The third kappa shape index (κ3) is 2.41. The fraction of sp³-hybridized carbons (Fsp3) is 0.200. The van der Waals surface area contributed by atoms with Crippen molar-refractivity contribution in [2.24, 2.45) is 0 Å². The zero-order valence-electron chi connectivity index (χ0n) is 8.33. The van der Waals surface area contributed by atoms with Crippen LogP contribution in [-0.2, 0) is 11.2 Å². The first-order valence-corrected chi connectivity index (χ1v) is 4.68. The summed E-state index contributed by atoms with van der Waals surface area (Å²) in [6.45, 7) is 0. The second-order valence-corrected chi connectivity index (χ2v) is 3.15. The molecule has 82 valence electrons. The highest BCUT2D eigenvalue weighted by Crippen LogP contribution is 2.11. The molecule has 6 nitrogen and oxygen atoms in total. The smallest absolute Gasteiger partial charge is 0.303 e. The van der Waals surface area contributed by atoms with E-state index in [0.29, 0.717) is 18.1 Å². The number of hydrogen-bond donors (Lipinski definition) is 1. The molecule has 0 amide bonds. The highest BCUT2D eigenvalue weighted by molar-refractivity contribution is 5.67. The van der Waals surface area contributed by atoms with Crippen LogP contribution in [0.4, 0.5) is 0 Å². The van der Waals surface area contributed by atoms with Gasteiger partial charge in [-0.05, 0) is 12.0 Å². The van der Waals surface area contributed by atoms with Crippen LogP contribution in [0.3, 0.4) is 0 Å². The maximum atomic E-state index is 10.4. The second-order valence-electron chi connectivity index (χ2n) is 3.15. The van der Waals surface area contributed by atoms with E-state index in [1.165, 1.54) is 12.5 Å². The summed E-state index contributed by atoms with van der Waals surface area (Å²) < 4.78 is 5.03. The molecule has 0 spiro atoms. The molecule has 0 atom stereocenters. The number of oxazole rings is 1. The minimum atomic E-state index is -0.836. The van der Waals surface area contributed by atoms with Gasteiger partial charge in [0, 0.05) is 18.8 Å². The molecule has 16 heavy (non-hydrogen) atoms. The largest absolute Gasteiger partial charge is 0.481 e. The minimum Gasteiger partial charge on any atom is -0.481 e. The first kappa shape index (κ1) is 10.3. The van der Waals surface area contributed by atoms with Crippen LogP contribution in [-0.4, -0.2) is 26.0 Å². The molecule has 0 aliphatic heterocycles. The predicted molar refractivity (Wildman–Crippen MR) is 53.5 cm³/mol. The molecule has 0 saturated heterocycles. The zero-order chi connectivity index (χ0) is 11.4. The lowest BCUT2D eigenvalue weighted by molar-refractivity contribution is -0.136. The Bertz CT molecular complexity index is 465. The Hall–Kier alpha value is -2.24. The molecule has 2 aromatic heterocycles. The van der Waals surface area contributed by atoms with Crippen molar-refractivity contribution in [1.29, 1.82) is 0 Å². The van der Waals surface area contributed by atoms with E-state index in [4.69, 9.17) is 9.52 Å². The van der Waals surface area contributed by atoms with Gasteiger partial charge in [0.2, 0.25) is 5.82 Å². The third-order valence-corrected chi connectivity index (χ3v) is 1.96. The average Bonchev–Trinajstić information content (AvgIpc) is 2.80. The topological polar surface area (TPSA) is 89.1 Å². The van der Waals surface area contributed by atoms with Crippen molar-refractivity contribution in [1.82, 2.24) is 15.0 Å². The predicted octanol–water partition coefficient (Wildman–Crippen LogP) is 1.15. The molecule has 0 aliphatic carbocycles. The molecule has 2 rings (SSSR count). The summed E-state index contributed by atoms with van der Waals surface area (Å²) in [7, 11) is 0. The van der Waals surface area contributed by atoms with Gasteiger partial charge >= 0.3 is 5.97 Å². The molecule has 1 N–H and O–H groups in total. The van der Waals surface area contributed by atoms with Crippen LogP contribution in [0.15, 0.2) is 29.3 Å². The Morgan fingerprint density at radius 3 is 2.62 bits per heavy atom. The van der Waals surface area contributed by atoms with Gasteiger partial charge in [-0.25, -0.2) is 15.0 Å². The molecule has 0 aliphatic rings. The lowest BCUT2D eigenvalue weighted by Crippen LogP contribution is -1.99. The van der Waals surface area contributed by atoms with Crippen LogP contribution < -0.4 is 0 Å². The van der Waals surface area contributed by atoms with E-state index in [9.17, 15) is 4.79 Å². The van der Waals surface area contributed by atoms with E-state index in [2.05, 4.69) is 15.0 Å². The van der Waals surface area contributed by atoms with E-state index < -0.39 is 5.97 Å². The van der Waals surface area contributed by atoms with Gasteiger partial charge in [-0.3, -0.25) is 4.79 Å². The second kappa shape index (κ2) is 4.52. The first-order chi connectivity index (χ1) is 7.75. The number of carbonyl (C=O) groups is 1. The van der Waals surface area contributed by atoms with Gasteiger partial charge in [-0.15, -0.1) is 0 Å². The van der Waals surface area contributed by atoms with E-state index in [0.717, 1.165) is 5.56 Å². The molecular formula is C10H9N3O3. The number of carboxylic acids is 1. The monoisotopic (exact) mass is 219 g/mol. The SMILES string of the molecule is O=C(O)CCc1cnc(-c2ncco2)nc1. The molecule has 0 bridgehead atoms. The van der Waals surface area contributed by atoms with Gasteiger partial charge in [0.25, 0.3) is 5.89 Å². The van der Waals surface area contributed by atoms with Gasteiger partial charge in [-0.2, -0.15) is 0 Å². The number of hydrogen-bond acceptors (Lipinski definition) is 5. The fourth-order valence-electron chi connectivity index (χ4n) is 1.18. The molecule has 6 heteroatoms. The fourth-order valence-corrected chi connectivity index (χ4v) is 1.18. The van der Waals surface area contributed by atoms with Crippen molar-refractivity contribution >= 4 is 5.97 Å². The Labute approximate surface area is 91.0 Å². The molecule has 0 radical (unpaired) electrons. The normalized spacial score (nSPS) is 10.2. The maximum Gasteiger partial charge on any atom is 0.303 e. The minimum absolute atomic E-state index is 0.0711. The lowest BCUT2D eigenvalue weighted by atomic mass is 10.2. The van der Waals surface area contributed by atoms with E-state index in [1.807, 2.05) is 0 Å². The molecule has 2 aromatic rings. The molecule has 0 fully saturated rings. The molecule has 0 unspecified atom stereocenters. The van der Waals surface area contributed by atoms with Crippen LogP contribution in [0.5, 0.6) is 0 Å². The van der Waals surface area contributed by atoms with Gasteiger partial charge < -0.3 is 9.52 Å². The van der Waals surface area contributed by atoms with Gasteiger partial charge in [0.1, 0.15) is 6.26 Å². The first-order valence-electron chi connectivity index (χ1n) is 4.68. The van der Waals surface area contributed by atoms with Crippen molar-refractivity contribution in [2.45, 2.75) is 12.8 Å². The molecular weight excluding hydrogens is 210 g/mol. The van der Waals surface area contributed by atoms with Crippen molar-refractivity contribution in [3.8, 4) is 11.7 Å². The summed E-state index contributed by atoms with van der Waals surface area (Å²) in [5.74, 6) is -0.0920. The standard InChI is InChI=1S/C10H9N3O3/c14-8(15)2-1-7-5-12-9(13-6-7)10-11-3-4-16-10/h3-6H,1-2H2,(H,14,15). The lowest BCUT2D eigenvalue weighted by Gasteiger charge is -1.98. The van der Waals surface area contributed by atoms with E-state index in [1.54, 1.807) is 12.4 Å². The number of carboxylic acid groups (broad SMARTS) is 1. The molecule has 0 aromatic carbocycles. The Balaban J connectivity index is 2.08. The number of rotatable bonds is 4. The van der Waals surface area contributed by atoms with E-state index >= 15 is 0 Å². The highest BCUT2D eigenvalue weighted by atomic mass is 16.4. The van der Waals surface area contributed by atoms with Crippen LogP contribution in [0.25, 0.3) is 11.7 Å². The van der Waals surface area contributed by atoms with Crippen LogP contribution in [0.1, 0.15) is 12.0 Å². The number of nitrogens with zero attached hydrogens (tertiary/aromatic N) is 3. The van der Waals surface area contributed by atoms with Gasteiger partial charge in [0.15, 0.2) is 0 Å². The number of aliphatic carboxylic acids is 1. The average molecular weight is 219 g/mol. The quantitative estimate of drug-likeness (QED) is 0.829. The Morgan fingerprint density at radius 1 is 1.31 bits per heavy atom. The van der Waals surface area contributed by atoms with Crippen molar-refractivity contribution < 1.29 is 14.3 Å². The van der Waals surface area contributed by atoms with E-state index in [-0.39, 0.29) is 6.42 Å². The highest BCUT2D eigenvalue weighted by Gasteiger charge is 2.06. The van der Waals surface area contributed by atoms with Crippen LogP contribution in [0, 0.1) is 0 Å². The summed E-state index contributed by atoms with van der Waals surface area (Å²) in [4.78, 5) is 22.3. The van der Waals surface area contributed by atoms with Crippen molar-refractivity contribution in [2.75, 3.05) is 0 Å². The summed E-state index contributed by atoms with van der Waals surface area (Å²) in [6.07, 6.45) is 6.60. The number of aryl methyl sites for hydroxylation is 1.